The first-order chi connectivity index (χ1) is 11.5. The predicted molar refractivity (Wildman–Crippen MR) is 80.6 cm³/mol. The molecule has 2 aromatic rings. The van der Waals surface area contributed by atoms with Crippen LogP contribution in [0.25, 0.3) is 0 Å². The molecule has 0 saturated heterocycles. The number of aliphatic hydroxyl groups excluding tert-OH is 3. The zero-order chi connectivity index (χ0) is 17.3. The van der Waals surface area contributed by atoms with Crippen LogP contribution in [-0.2, 0) is 0 Å². The van der Waals surface area contributed by atoms with E-state index in [4.69, 9.17) is 0 Å². The number of nitrogens with zero attached hydrogens (tertiary/aromatic N) is 3. The summed E-state index contributed by atoms with van der Waals surface area (Å²) in [6, 6.07) is 4.83. The van der Waals surface area contributed by atoms with Gasteiger partial charge in [-0.05, 0) is 24.6 Å². The van der Waals surface area contributed by atoms with Crippen molar-refractivity contribution in [3.63, 3.8) is 0 Å². The molecule has 9 heteroatoms. The maximum absolute atomic E-state index is 13.1. The third-order valence-corrected chi connectivity index (χ3v) is 4.14. The zero-order valence-electron chi connectivity index (χ0n) is 12.6. The minimum atomic E-state index is -1.11. The lowest BCUT2D eigenvalue weighted by Gasteiger charge is -2.16. The van der Waals surface area contributed by atoms with Gasteiger partial charge in [-0.1, -0.05) is 6.07 Å². The molecule has 1 amide bonds. The van der Waals surface area contributed by atoms with E-state index in [1.807, 2.05) is 0 Å². The van der Waals surface area contributed by atoms with E-state index in [-0.39, 0.29) is 18.1 Å². The van der Waals surface area contributed by atoms with Gasteiger partial charge in [-0.3, -0.25) is 4.79 Å². The Morgan fingerprint density at radius 3 is 2.83 bits per heavy atom. The highest BCUT2D eigenvalue weighted by Gasteiger charge is 2.42. The Bertz CT molecular complexity index is 738. The van der Waals surface area contributed by atoms with Gasteiger partial charge in [-0.2, -0.15) is 0 Å². The topological polar surface area (TPSA) is 121 Å². The molecule has 4 atom stereocenters. The molecule has 24 heavy (non-hydrogen) atoms. The summed E-state index contributed by atoms with van der Waals surface area (Å²) in [6.07, 6.45) is -0.578. The molecule has 0 spiro atoms. The summed E-state index contributed by atoms with van der Waals surface area (Å²) >= 11 is 0. The Morgan fingerprint density at radius 2 is 2.17 bits per heavy atom. The number of amides is 1. The van der Waals surface area contributed by atoms with Gasteiger partial charge in [-0.25, -0.2) is 14.1 Å². The third-order valence-electron chi connectivity index (χ3n) is 4.14. The molecular weight excluding hydrogens is 319 g/mol. The molecule has 1 saturated carbocycles. The van der Waals surface area contributed by atoms with Crippen molar-refractivity contribution in [3.8, 4) is 0 Å². The molecule has 1 fully saturated rings. The summed E-state index contributed by atoms with van der Waals surface area (Å²) in [6.45, 7) is -0.254. The molecule has 128 valence electrons. The fourth-order valence-electron chi connectivity index (χ4n) is 2.83. The number of hydrogen-bond donors (Lipinski definition) is 4. The van der Waals surface area contributed by atoms with E-state index in [1.54, 1.807) is 0 Å². The van der Waals surface area contributed by atoms with Crippen molar-refractivity contribution in [3.05, 3.63) is 42.2 Å². The number of nitrogens with one attached hydrogen (secondary N) is 1. The van der Waals surface area contributed by atoms with E-state index >= 15 is 0 Å². The van der Waals surface area contributed by atoms with Crippen LogP contribution in [0.1, 0.15) is 23.1 Å². The van der Waals surface area contributed by atoms with Gasteiger partial charge in [0.25, 0.3) is 5.91 Å². The normalized spacial score (nSPS) is 26.5. The summed E-state index contributed by atoms with van der Waals surface area (Å²) in [5, 5.41) is 35.5. The van der Waals surface area contributed by atoms with Crippen LogP contribution in [0, 0.1) is 11.7 Å². The molecule has 2 unspecified atom stereocenters. The van der Waals surface area contributed by atoms with Gasteiger partial charge in [-0.15, -0.1) is 5.10 Å². The number of anilines is 1. The fourth-order valence-corrected chi connectivity index (χ4v) is 2.83. The molecule has 4 N–H and O–H groups in total. The molecular formula is C15H17FN4O4. The molecule has 1 heterocycles. The highest BCUT2D eigenvalue weighted by Crippen LogP contribution is 2.34. The van der Waals surface area contributed by atoms with Crippen molar-refractivity contribution in [1.82, 2.24) is 14.8 Å². The second-order valence-corrected chi connectivity index (χ2v) is 5.74. The van der Waals surface area contributed by atoms with Crippen molar-refractivity contribution >= 4 is 11.6 Å². The molecule has 0 radical (unpaired) electrons. The lowest BCUT2D eigenvalue weighted by molar-refractivity contribution is -0.00541. The standard InChI is InChI=1S/C15H17FN4O4/c16-9-2-1-3-10(5-9)18-15(24)14-17-7-20(19-14)11-4-8(6-21)12(22)13(11)23/h1-3,5,7-8,11-13,21-23H,4,6H2,(H,18,24)/t8-,11-,12?,13?/m1/s1. The minimum Gasteiger partial charge on any atom is -0.396 e. The molecule has 1 aromatic carbocycles. The largest absolute Gasteiger partial charge is 0.396 e. The SMILES string of the molecule is O=C(Nc1cccc(F)c1)c1ncn([C@@H]2C[C@H](CO)C(O)C2O)n1. The Labute approximate surface area is 136 Å². The van der Waals surface area contributed by atoms with E-state index in [0.717, 1.165) is 6.07 Å². The Morgan fingerprint density at radius 1 is 1.38 bits per heavy atom. The van der Waals surface area contributed by atoms with Crippen molar-refractivity contribution < 1.29 is 24.5 Å². The van der Waals surface area contributed by atoms with Crippen LogP contribution in [0.15, 0.2) is 30.6 Å². The van der Waals surface area contributed by atoms with Crippen molar-refractivity contribution in [2.24, 2.45) is 5.92 Å². The van der Waals surface area contributed by atoms with Gasteiger partial charge in [0.15, 0.2) is 0 Å². The van der Waals surface area contributed by atoms with Gasteiger partial charge in [0.2, 0.25) is 5.82 Å². The predicted octanol–water partition coefficient (Wildman–Crippen LogP) is -0.0554. The number of aliphatic hydroxyl groups is 3. The van der Waals surface area contributed by atoms with E-state index < -0.39 is 35.9 Å². The van der Waals surface area contributed by atoms with Crippen molar-refractivity contribution in [1.29, 1.82) is 0 Å². The maximum atomic E-state index is 13.1. The van der Waals surface area contributed by atoms with Crippen LogP contribution in [0.4, 0.5) is 10.1 Å². The first kappa shape index (κ1) is 16.5. The second kappa shape index (κ2) is 6.63. The van der Waals surface area contributed by atoms with Crippen molar-refractivity contribution in [2.75, 3.05) is 11.9 Å². The van der Waals surface area contributed by atoms with Gasteiger partial charge >= 0.3 is 0 Å². The van der Waals surface area contributed by atoms with Gasteiger partial charge in [0.05, 0.1) is 12.1 Å². The Hall–Kier alpha value is -2.36. The van der Waals surface area contributed by atoms with Crippen LogP contribution >= 0.6 is 0 Å². The van der Waals surface area contributed by atoms with E-state index in [2.05, 4.69) is 15.4 Å². The average molecular weight is 336 g/mol. The van der Waals surface area contributed by atoms with E-state index in [1.165, 1.54) is 29.2 Å². The Balaban J connectivity index is 1.72. The number of rotatable bonds is 4. The van der Waals surface area contributed by atoms with Crippen LogP contribution in [-0.4, -0.2) is 54.8 Å². The molecule has 1 aliphatic carbocycles. The summed E-state index contributed by atoms with van der Waals surface area (Å²) in [5.41, 5.74) is 0.271. The third kappa shape index (κ3) is 3.14. The van der Waals surface area contributed by atoms with Crippen LogP contribution in [0.3, 0.4) is 0 Å². The molecule has 8 nitrogen and oxygen atoms in total. The number of carbonyl (C=O) groups excluding carboxylic acids is 1. The first-order valence-electron chi connectivity index (χ1n) is 7.44. The minimum absolute atomic E-state index is 0.145. The van der Waals surface area contributed by atoms with Crippen LogP contribution < -0.4 is 5.32 Å². The number of hydrogen-bond acceptors (Lipinski definition) is 6. The lowest BCUT2D eigenvalue weighted by Crippen LogP contribution is -2.30. The molecule has 0 bridgehead atoms. The number of carbonyl (C=O) groups is 1. The monoisotopic (exact) mass is 336 g/mol. The first-order valence-corrected chi connectivity index (χ1v) is 7.44. The summed E-state index contributed by atoms with van der Waals surface area (Å²) < 4.78 is 14.4. The van der Waals surface area contributed by atoms with E-state index in [9.17, 15) is 24.5 Å². The maximum Gasteiger partial charge on any atom is 0.295 e. The van der Waals surface area contributed by atoms with Gasteiger partial charge < -0.3 is 20.6 Å². The zero-order valence-corrected chi connectivity index (χ0v) is 12.6. The van der Waals surface area contributed by atoms with Gasteiger partial charge in [0.1, 0.15) is 18.2 Å². The van der Waals surface area contributed by atoms with Crippen LogP contribution in [0.5, 0.6) is 0 Å². The number of benzene rings is 1. The molecule has 0 aliphatic heterocycles. The fraction of sp³-hybridized carbons (Fsp3) is 0.400. The smallest absolute Gasteiger partial charge is 0.295 e. The summed E-state index contributed by atoms with van der Waals surface area (Å²) in [7, 11) is 0. The molecule has 3 rings (SSSR count). The average Bonchev–Trinajstić information content (AvgIpc) is 3.14. The highest BCUT2D eigenvalue weighted by atomic mass is 19.1. The number of aromatic nitrogens is 3. The van der Waals surface area contributed by atoms with Crippen molar-refractivity contribution in [2.45, 2.75) is 24.7 Å². The summed E-state index contributed by atoms with van der Waals surface area (Å²) in [5.74, 6) is -1.71. The van der Waals surface area contributed by atoms with E-state index in [0.29, 0.717) is 6.42 Å². The lowest BCUT2D eigenvalue weighted by atomic mass is 10.1. The number of halogens is 1. The Kier molecular flexibility index (Phi) is 4.56. The van der Waals surface area contributed by atoms with Gasteiger partial charge in [0, 0.05) is 18.2 Å². The quantitative estimate of drug-likeness (QED) is 0.621. The summed E-state index contributed by atoms with van der Waals surface area (Å²) in [4.78, 5) is 16.0. The molecule has 1 aliphatic rings. The highest BCUT2D eigenvalue weighted by molar-refractivity contribution is 6.01. The molecule has 1 aromatic heterocycles. The van der Waals surface area contributed by atoms with Crippen LogP contribution in [0.2, 0.25) is 0 Å². The second-order valence-electron chi connectivity index (χ2n) is 5.74.